The Morgan fingerprint density at radius 2 is 0.923 bits per heavy atom. The highest BCUT2D eigenvalue weighted by Gasteiger charge is 2.01. The molecule has 0 saturated carbocycles. The van der Waals surface area contributed by atoms with E-state index in [0.29, 0.717) is 0 Å². The van der Waals surface area contributed by atoms with E-state index >= 15 is 0 Å². The summed E-state index contributed by atoms with van der Waals surface area (Å²) in [7, 11) is 0. The van der Waals surface area contributed by atoms with Gasteiger partial charge in [-0.05, 0) is 23.7 Å². The second-order valence-corrected chi connectivity index (χ2v) is 5.12. The molecular formula is C13H30. The lowest BCUT2D eigenvalue weighted by molar-refractivity contribution is 0.407. The molecule has 0 aromatic heterocycles. The van der Waals surface area contributed by atoms with Gasteiger partial charge in [0.25, 0.3) is 0 Å². The van der Waals surface area contributed by atoms with E-state index in [1.54, 1.807) is 0 Å². The Morgan fingerprint density at radius 1 is 0.615 bits per heavy atom. The van der Waals surface area contributed by atoms with E-state index in [1.807, 2.05) is 0 Å². The summed E-state index contributed by atoms with van der Waals surface area (Å²) < 4.78 is 0. The highest BCUT2D eigenvalue weighted by molar-refractivity contribution is 4.52. The Labute approximate surface area is 86.1 Å². The molecule has 82 valence electrons. The summed E-state index contributed by atoms with van der Waals surface area (Å²) in [5.41, 5.74) is 0. The highest BCUT2D eigenvalue weighted by Crippen LogP contribution is 2.11. The third-order valence-corrected chi connectivity index (χ3v) is 3.12. The molecule has 0 fully saturated rings. The lowest BCUT2D eigenvalue weighted by Gasteiger charge is -2.10. The van der Waals surface area contributed by atoms with Crippen molar-refractivity contribution < 1.29 is 0 Å². The van der Waals surface area contributed by atoms with Gasteiger partial charge in [-0.25, -0.2) is 0 Å². The van der Waals surface area contributed by atoms with Crippen LogP contribution < -0.4 is 0 Å². The Balaban J connectivity index is 0. The first kappa shape index (κ1) is 15.5. The highest BCUT2D eigenvalue weighted by atomic mass is 14.1. The molecule has 0 N–H and O–H groups in total. The monoisotopic (exact) mass is 186 g/mol. The van der Waals surface area contributed by atoms with Crippen molar-refractivity contribution in [1.29, 1.82) is 0 Å². The van der Waals surface area contributed by atoms with Crippen molar-refractivity contribution in [1.82, 2.24) is 0 Å². The molecule has 0 heterocycles. The zero-order valence-electron chi connectivity index (χ0n) is 11.0. The molecule has 13 heavy (non-hydrogen) atoms. The summed E-state index contributed by atoms with van der Waals surface area (Å²) >= 11 is 0. The molecule has 0 saturated heterocycles. The van der Waals surface area contributed by atoms with Crippen molar-refractivity contribution in [3.63, 3.8) is 0 Å². The number of hydrogen-bond donors (Lipinski definition) is 0. The van der Waals surface area contributed by atoms with Crippen LogP contribution in [-0.2, 0) is 0 Å². The Kier molecular flexibility index (Phi) is 10.2. The SMILES string of the molecule is CC(C)C(C)C.CCC(C)C(C)C. The zero-order chi connectivity index (χ0) is 11.0. The van der Waals surface area contributed by atoms with Crippen molar-refractivity contribution in [3.05, 3.63) is 0 Å². The van der Waals surface area contributed by atoms with Crippen molar-refractivity contribution in [3.8, 4) is 0 Å². The van der Waals surface area contributed by atoms with Crippen LogP contribution in [0.2, 0.25) is 0 Å². The van der Waals surface area contributed by atoms with E-state index in [1.165, 1.54) is 6.42 Å². The zero-order valence-corrected chi connectivity index (χ0v) is 11.0. The first-order valence-corrected chi connectivity index (χ1v) is 5.82. The van der Waals surface area contributed by atoms with Crippen molar-refractivity contribution >= 4 is 0 Å². The minimum atomic E-state index is 0.852. The first-order valence-electron chi connectivity index (χ1n) is 5.82. The molecule has 0 rings (SSSR count). The van der Waals surface area contributed by atoms with E-state index in [9.17, 15) is 0 Å². The Morgan fingerprint density at radius 3 is 0.923 bits per heavy atom. The molecule has 0 aliphatic rings. The average Bonchev–Trinajstić information content (AvgIpc) is 2.03. The van der Waals surface area contributed by atoms with Crippen LogP contribution in [0, 0.1) is 23.7 Å². The van der Waals surface area contributed by atoms with E-state index < -0.39 is 0 Å². The second kappa shape index (κ2) is 8.59. The van der Waals surface area contributed by atoms with E-state index in [4.69, 9.17) is 0 Å². The fourth-order valence-corrected chi connectivity index (χ4v) is 0.471. The Bertz CT molecular complexity index is 84.2. The van der Waals surface area contributed by atoms with Crippen LogP contribution in [0.3, 0.4) is 0 Å². The second-order valence-electron chi connectivity index (χ2n) is 5.12. The molecule has 0 aromatic carbocycles. The maximum Gasteiger partial charge on any atom is -0.0422 e. The van der Waals surface area contributed by atoms with Crippen molar-refractivity contribution in [2.45, 2.75) is 61.8 Å². The molecule has 0 bridgehead atoms. The molecule has 0 aromatic rings. The summed E-state index contributed by atoms with van der Waals surface area (Å²) in [5, 5.41) is 0. The molecule has 0 nitrogen and oxygen atoms in total. The van der Waals surface area contributed by atoms with E-state index in [2.05, 4.69) is 55.4 Å². The van der Waals surface area contributed by atoms with Crippen LogP contribution in [0.25, 0.3) is 0 Å². The van der Waals surface area contributed by atoms with Gasteiger partial charge in [0, 0.05) is 0 Å². The van der Waals surface area contributed by atoms with Gasteiger partial charge in [0.1, 0.15) is 0 Å². The maximum atomic E-state index is 2.30. The average molecular weight is 186 g/mol. The summed E-state index contributed by atoms with van der Waals surface area (Å²) in [6.07, 6.45) is 1.32. The minimum absolute atomic E-state index is 0.852. The lowest BCUT2D eigenvalue weighted by Crippen LogP contribution is -2.00. The van der Waals surface area contributed by atoms with Crippen LogP contribution in [0.5, 0.6) is 0 Å². The third kappa shape index (κ3) is 12.0. The van der Waals surface area contributed by atoms with Gasteiger partial charge in [0.15, 0.2) is 0 Å². The van der Waals surface area contributed by atoms with Gasteiger partial charge in [-0.15, -0.1) is 0 Å². The third-order valence-electron chi connectivity index (χ3n) is 3.12. The predicted molar refractivity (Wildman–Crippen MR) is 64.0 cm³/mol. The van der Waals surface area contributed by atoms with Gasteiger partial charge in [-0.2, -0.15) is 0 Å². The van der Waals surface area contributed by atoms with Crippen molar-refractivity contribution in [2.24, 2.45) is 23.7 Å². The molecule has 1 atom stereocenters. The molecule has 0 aliphatic carbocycles. The Hall–Kier alpha value is 0. The molecule has 0 spiro atoms. The first-order chi connectivity index (χ1) is 5.82. The topological polar surface area (TPSA) is 0 Å². The van der Waals surface area contributed by atoms with Gasteiger partial charge >= 0.3 is 0 Å². The molecule has 0 amide bonds. The van der Waals surface area contributed by atoms with Gasteiger partial charge in [-0.3, -0.25) is 0 Å². The standard InChI is InChI=1S/C7H16.C6H14/c1-5-7(4)6(2)3;1-5(2)6(3)4/h6-7H,5H2,1-4H3;5-6H,1-4H3. The van der Waals surface area contributed by atoms with Crippen LogP contribution in [-0.4, -0.2) is 0 Å². The van der Waals surface area contributed by atoms with Gasteiger partial charge in [-0.1, -0.05) is 61.8 Å². The number of rotatable bonds is 3. The van der Waals surface area contributed by atoms with Gasteiger partial charge in [0.2, 0.25) is 0 Å². The summed E-state index contributed by atoms with van der Waals surface area (Å²) in [6.45, 7) is 18.0. The van der Waals surface area contributed by atoms with Gasteiger partial charge < -0.3 is 0 Å². The fourth-order valence-electron chi connectivity index (χ4n) is 0.471. The van der Waals surface area contributed by atoms with Crippen molar-refractivity contribution in [2.75, 3.05) is 0 Å². The van der Waals surface area contributed by atoms with E-state index in [-0.39, 0.29) is 0 Å². The molecule has 1 unspecified atom stereocenters. The van der Waals surface area contributed by atoms with E-state index in [0.717, 1.165) is 23.7 Å². The van der Waals surface area contributed by atoms with Crippen LogP contribution in [0.1, 0.15) is 61.8 Å². The molecule has 0 aliphatic heterocycles. The maximum absolute atomic E-state index is 2.30. The van der Waals surface area contributed by atoms with Crippen LogP contribution >= 0.6 is 0 Å². The molecular weight excluding hydrogens is 156 g/mol. The summed E-state index contributed by atoms with van der Waals surface area (Å²) in [6, 6.07) is 0. The summed E-state index contributed by atoms with van der Waals surface area (Å²) in [5.74, 6) is 3.47. The largest absolute Gasteiger partial charge is 0.0651 e. The van der Waals surface area contributed by atoms with Gasteiger partial charge in [0.05, 0.1) is 0 Å². The summed E-state index contributed by atoms with van der Waals surface area (Å²) in [4.78, 5) is 0. The lowest BCUT2D eigenvalue weighted by atomic mass is 9.96. The number of hydrogen-bond acceptors (Lipinski definition) is 0. The molecule has 0 heteroatoms. The molecule has 0 radical (unpaired) electrons. The van der Waals surface area contributed by atoms with Crippen LogP contribution in [0.4, 0.5) is 0 Å². The predicted octanol–water partition coefficient (Wildman–Crippen LogP) is 4.99. The van der Waals surface area contributed by atoms with Crippen LogP contribution in [0.15, 0.2) is 0 Å². The fraction of sp³-hybridized carbons (Fsp3) is 1.00. The normalized spacial score (nSPS) is 13.2. The minimum Gasteiger partial charge on any atom is -0.0651 e. The quantitative estimate of drug-likeness (QED) is 0.582. The smallest absolute Gasteiger partial charge is 0.0422 e.